The van der Waals surface area contributed by atoms with Gasteiger partial charge in [-0.1, -0.05) is 63.2 Å². The Morgan fingerprint density at radius 3 is 2.23 bits per heavy atom. The fraction of sp³-hybridized carbons (Fsp3) is 0.240. The molecule has 0 bridgehead atoms. The summed E-state index contributed by atoms with van der Waals surface area (Å²) < 4.78 is 5.14. The Bertz CT molecular complexity index is 1150. The van der Waals surface area contributed by atoms with Gasteiger partial charge in [-0.05, 0) is 28.7 Å². The van der Waals surface area contributed by atoms with Crippen molar-refractivity contribution in [1.82, 2.24) is 15.2 Å². The lowest BCUT2D eigenvalue weighted by molar-refractivity contribution is 0.397. The van der Waals surface area contributed by atoms with Crippen molar-refractivity contribution in [1.29, 1.82) is 0 Å². The summed E-state index contributed by atoms with van der Waals surface area (Å²) in [4.78, 5) is 4.29. The van der Waals surface area contributed by atoms with Crippen molar-refractivity contribution in [2.75, 3.05) is 12.4 Å². The number of benzene rings is 2. The number of aromatic nitrogens is 3. The first-order valence-electron chi connectivity index (χ1n) is 10.0. The van der Waals surface area contributed by atoms with Crippen LogP contribution in [0.2, 0.25) is 0 Å². The van der Waals surface area contributed by atoms with E-state index in [0.29, 0.717) is 12.3 Å². The zero-order valence-electron chi connectivity index (χ0n) is 17.8. The Hall–Kier alpha value is -3.47. The molecule has 0 unspecified atom stereocenters. The van der Waals surface area contributed by atoms with Crippen LogP contribution >= 0.6 is 0 Å². The summed E-state index contributed by atoms with van der Waals surface area (Å²) >= 11 is 0. The van der Waals surface area contributed by atoms with Crippen LogP contribution in [-0.2, 0) is 11.8 Å². The molecule has 0 amide bonds. The van der Waals surface area contributed by atoms with E-state index in [9.17, 15) is 0 Å². The van der Waals surface area contributed by atoms with Crippen molar-refractivity contribution in [3.63, 3.8) is 0 Å². The fourth-order valence-electron chi connectivity index (χ4n) is 3.40. The molecule has 0 spiro atoms. The molecule has 0 aliphatic rings. The number of nitrogens with zero attached hydrogens (tertiary/aromatic N) is 3. The molecule has 152 valence electrons. The van der Waals surface area contributed by atoms with Gasteiger partial charge < -0.3 is 10.1 Å². The number of rotatable bonds is 5. The van der Waals surface area contributed by atoms with Gasteiger partial charge in [0, 0.05) is 35.1 Å². The molecule has 30 heavy (non-hydrogen) atoms. The van der Waals surface area contributed by atoms with Gasteiger partial charge in [0.1, 0.15) is 0 Å². The number of ether oxygens (including phenoxy) is 1. The van der Waals surface area contributed by atoms with Crippen molar-refractivity contribution in [2.45, 2.75) is 32.6 Å². The molecule has 2 aromatic heterocycles. The van der Waals surface area contributed by atoms with E-state index in [0.717, 1.165) is 33.5 Å². The van der Waals surface area contributed by atoms with Gasteiger partial charge in [-0.15, -0.1) is 5.10 Å². The summed E-state index contributed by atoms with van der Waals surface area (Å²) in [6.45, 7) is 6.64. The summed E-state index contributed by atoms with van der Waals surface area (Å²) in [5, 5.41) is 14.6. The SMILES string of the molecule is COc1ccc(Cc2nnc(Nc3ccc(C(C)(C)C)cc3)c3ccccc23)cn1. The summed E-state index contributed by atoms with van der Waals surface area (Å²) in [5.41, 5.74) is 4.41. The molecule has 0 radical (unpaired) electrons. The van der Waals surface area contributed by atoms with Crippen molar-refractivity contribution in [3.8, 4) is 5.88 Å². The summed E-state index contributed by atoms with van der Waals surface area (Å²) in [6.07, 6.45) is 2.48. The maximum atomic E-state index is 5.14. The average Bonchev–Trinajstić information content (AvgIpc) is 2.76. The number of fused-ring (bicyclic) bond motifs is 1. The van der Waals surface area contributed by atoms with Crippen LogP contribution in [0.4, 0.5) is 11.5 Å². The lowest BCUT2D eigenvalue weighted by atomic mass is 9.87. The Balaban J connectivity index is 1.63. The van der Waals surface area contributed by atoms with E-state index >= 15 is 0 Å². The van der Waals surface area contributed by atoms with E-state index in [1.165, 1.54) is 5.56 Å². The molecule has 2 aromatic carbocycles. The second-order valence-electron chi connectivity index (χ2n) is 8.38. The Kier molecular flexibility index (Phi) is 5.36. The highest BCUT2D eigenvalue weighted by Crippen LogP contribution is 2.28. The minimum absolute atomic E-state index is 0.128. The van der Waals surface area contributed by atoms with Crippen LogP contribution in [0, 0.1) is 0 Å². The highest BCUT2D eigenvalue weighted by Gasteiger charge is 2.14. The van der Waals surface area contributed by atoms with E-state index in [4.69, 9.17) is 4.74 Å². The Morgan fingerprint density at radius 1 is 0.867 bits per heavy atom. The average molecular weight is 399 g/mol. The van der Waals surface area contributed by atoms with Crippen LogP contribution in [0.5, 0.6) is 5.88 Å². The van der Waals surface area contributed by atoms with E-state index in [2.05, 4.69) is 77.7 Å². The quantitative estimate of drug-likeness (QED) is 0.470. The molecule has 4 aromatic rings. The number of pyridine rings is 1. The van der Waals surface area contributed by atoms with Gasteiger partial charge in [-0.3, -0.25) is 0 Å². The zero-order chi connectivity index (χ0) is 21.1. The highest BCUT2D eigenvalue weighted by atomic mass is 16.5. The van der Waals surface area contributed by atoms with Crippen LogP contribution in [0.3, 0.4) is 0 Å². The molecular weight excluding hydrogens is 372 g/mol. The molecule has 2 heterocycles. The Labute approximate surface area is 177 Å². The molecular formula is C25H26N4O. The van der Waals surface area contributed by atoms with Gasteiger partial charge in [-0.25, -0.2) is 4.98 Å². The third-order valence-corrected chi connectivity index (χ3v) is 5.16. The molecule has 0 saturated carbocycles. The van der Waals surface area contributed by atoms with Crippen molar-refractivity contribution in [3.05, 3.63) is 83.7 Å². The van der Waals surface area contributed by atoms with Crippen LogP contribution in [0.15, 0.2) is 66.9 Å². The van der Waals surface area contributed by atoms with Crippen molar-refractivity contribution in [2.24, 2.45) is 0 Å². The minimum atomic E-state index is 0.128. The topological polar surface area (TPSA) is 59.9 Å². The second-order valence-corrected chi connectivity index (χ2v) is 8.38. The van der Waals surface area contributed by atoms with Crippen LogP contribution < -0.4 is 10.1 Å². The van der Waals surface area contributed by atoms with Crippen molar-refractivity contribution >= 4 is 22.3 Å². The third-order valence-electron chi connectivity index (χ3n) is 5.16. The van der Waals surface area contributed by atoms with Gasteiger partial charge in [0.2, 0.25) is 5.88 Å². The molecule has 0 saturated heterocycles. The molecule has 0 aliphatic heterocycles. The lowest BCUT2D eigenvalue weighted by Gasteiger charge is -2.19. The highest BCUT2D eigenvalue weighted by molar-refractivity contribution is 5.94. The van der Waals surface area contributed by atoms with Gasteiger partial charge in [-0.2, -0.15) is 5.10 Å². The first-order valence-corrected chi connectivity index (χ1v) is 10.0. The number of nitrogens with one attached hydrogen (secondary N) is 1. The molecule has 5 nitrogen and oxygen atoms in total. The first kappa shape index (κ1) is 19.8. The van der Waals surface area contributed by atoms with Crippen LogP contribution in [0.1, 0.15) is 37.6 Å². The number of methoxy groups -OCH3 is 1. The first-order chi connectivity index (χ1) is 14.4. The minimum Gasteiger partial charge on any atom is -0.481 e. The summed E-state index contributed by atoms with van der Waals surface area (Å²) in [5.74, 6) is 1.36. The third kappa shape index (κ3) is 4.25. The van der Waals surface area contributed by atoms with Crippen molar-refractivity contribution < 1.29 is 4.74 Å². The monoisotopic (exact) mass is 398 g/mol. The zero-order valence-corrected chi connectivity index (χ0v) is 17.8. The predicted molar refractivity (Wildman–Crippen MR) is 122 cm³/mol. The number of hydrogen-bond donors (Lipinski definition) is 1. The number of anilines is 2. The van der Waals surface area contributed by atoms with Crippen LogP contribution in [0.25, 0.3) is 10.8 Å². The molecule has 0 atom stereocenters. The maximum Gasteiger partial charge on any atom is 0.212 e. The van der Waals surface area contributed by atoms with Crippen LogP contribution in [-0.4, -0.2) is 22.3 Å². The van der Waals surface area contributed by atoms with E-state index in [-0.39, 0.29) is 5.41 Å². The largest absolute Gasteiger partial charge is 0.481 e. The van der Waals surface area contributed by atoms with E-state index in [1.54, 1.807) is 7.11 Å². The molecule has 5 heteroatoms. The summed E-state index contributed by atoms with van der Waals surface area (Å²) in [6, 6.07) is 20.6. The van der Waals surface area contributed by atoms with Gasteiger partial charge >= 0.3 is 0 Å². The normalized spacial score (nSPS) is 11.5. The molecule has 0 aliphatic carbocycles. The second kappa shape index (κ2) is 8.11. The Morgan fingerprint density at radius 2 is 1.60 bits per heavy atom. The lowest BCUT2D eigenvalue weighted by Crippen LogP contribution is -2.10. The van der Waals surface area contributed by atoms with Gasteiger partial charge in [0.15, 0.2) is 5.82 Å². The van der Waals surface area contributed by atoms with Gasteiger partial charge in [0.25, 0.3) is 0 Å². The molecule has 1 N–H and O–H groups in total. The fourth-order valence-corrected chi connectivity index (χ4v) is 3.40. The van der Waals surface area contributed by atoms with Gasteiger partial charge in [0.05, 0.1) is 12.8 Å². The number of hydrogen-bond acceptors (Lipinski definition) is 5. The maximum absolute atomic E-state index is 5.14. The van der Waals surface area contributed by atoms with E-state index in [1.807, 2.05) is 30.5 Å². The molecule has 0 fully saturated rings. The smallest absolute Gasteiger partial charge is 0.212 e. The predicted octanol–water partition coefficient (Wildman–Crippen LogP) is 5.67. The van der Waals surface area contributed by atoms with E-state index < -0.39 is 0 Å². The summed E-state index contributed by atoms with van der Waals surface area (Å²) in [7, 11) is 1.61. The standard InChI is InChI=1S/C25H26N4O/c1-25(2,3)18-10-12-19(13-11-18)27-24-21-8-6-5-7-20(21)22(28-29-24)15-17-9-14-23(30-4)26-16-17/h5-14,16H,15H2,1-4H3,(H,27,29). The molecule has 4 rings (SSSR count).